The van der Waals surface area contributed by atoms with E-state index in [9.17, 15) is 4.39 Å². The summed E-state index contributed by atoms with van der Waals surface area (Å²) < 4.78 is 31.9. The minimum Gasteiger partial charge on any atom is -0.492 e. The van der Waals surface area contributed by atoms with Crippen LogP contribution in [0.1, 0.15) is 11.1 Å². The molecule has 3 heterocycles. The Bertz CT molecular complexity index is 1010. The van der Waals surface area contributed by atoms with Crippen LogP contribution >= 0.6 is 11.6 Å². The van der Waals surface area contributed by atoms with Gasteiger partial charge in [-0.2, -0.15) is 0 Å². The molecule has 1 fully saturated rings. The number of allylic oxidation sites excluding steroid dienone is 8. The van der Waals surface area contributed by atoms with Crippen LogP contribution in [0.2, 0.25) is 0 Å². The SMILES string of the molecule is NC1=NC2(CO1)c1cc(C3=C(F)/C=C/C=C/C(Cl)=C\3)ccc1OCC21COC1. The molecule has 0 saturated carbocycles. The van der Waals surface area contributed by atoms with Gasteiger partial charge in [-0.05, 0) is 35.9 Å². The number of aliphatic imine (C=N–C) groups is 1. The molecule has 7 heteroatoms. The average Bonchev–Trinajstić information content (AvgIpc) is 3.03. The lowest BCUT2D eigenvalue weighted by atomic mass is 9.64. The third-order valence-corrected chi connectivity index (χ3v) is 5.99. The summed E-state index contributed by atoms with van der Waals surface area (Å²) in [5, 5.41) is 0.438. The molecule has 0 bridgehead atoms. The first-order valence-corrected chi connectivity index (χ1v) is 9.36. The average molecular weight is 401 g/mol. The van der Waals surface area contributed by atoms with Crippen molar-refractivity contribution in [3.8, 4) is 5.75 Å². The number of ether oxygens (including phenoxy) is 3. The molecule has 28 heavy (non-hydrogen) atoms. The van der Waals surface area contributed by atoms with Gasteiger partial charge in [-0.15, -0.1) is 0 Å². The number of amidine groups is 1. The number of hydrogen-bond acceptors (Lipinski definition) is 5. The van der Waals surface area contributed by atoms with Crippen molar-refractivity contribution in [2.45, 2.75) is 5.54 Å². The maximum Gasteiger partial charge on any atom is 0.283 e. The van der Waals surface area contributed by atoms with Crippen LogP contribution in [0, 0.1) is 5.41 Å². The van der Waals surface area contributed by atoms with Gasteiger partial charge in [0, 0.05) is 16.2 Å². The predicted octanol–water partition coefficient (Wildman–Crippen LogP) is 3.57. The molecule has 5 nitrogen and oxygen atoms in total. The van der Waals surface area contributed by atoms with Crippen LogP contribution in [0.4, 0.5) is 4.39 Å². The lowest BCUT2D eigenvalue weighted by Gasteiger charge is -2.53. The van der Waals surface area contributed by atoms with E-state index in [-0.39, 0.29) is 17.3 Å². The Morgan fingerprint density at radius 1 is 1.07 bits per heavy atom. The van der Waals surface area contributed by atoms with Gasteiger partial charge in [0.15, 0.2) is 0 Å². The second-order valence-electron chi connectivity index (χ2n) is 7.38. The molecular weight excluding hydrogens is 383 g/mol. The molecule has 2 spiro atoms. The Hall–Kier alpha value is -2.57. The largest absolute Gasteiger partial charge is 0.492 e. The summed E-state index contributed by atoms with van der Waals surface area (Å²) in [6.45, 7) is 1.79. The first-order valence-electron chi connectivity index (χ1n) is 8.98. The summed E-state index contributed by atoms with van der Waals surface area (Å²) in [4.78, 5) is 4.69. The van der Waals surface area contributed by atoms with Crippen LogP contribution in [0.3, 0.4) is 0 Å². The highest BCUT2D eigenvalue weighted by molar-refractivity contribution is 6.32. The van der Waals surface area contributed by atoms with Gasteiger partial charge in [-0.3, -0.25) is 0 Å². The molecule has 3 aliphatic heterocycles. The third kappa shape index (κ3) is 2.45. The molecule has 1 saturated heterocycles. The highest BCUT2D eigenvalue weighted by Gasteiger charge is 2.63. The predicted molar refractivity (Wildman–Crippen MR) is 105 cm³/mol. The molecule has 0 radical (unpaired) electrons. The van der Waals surface area contributed by atoms with E-state index in [4.69, 9.17) is 31.5 Å². The van der Waals surface area contributed by atoms with E-state index in [0.29, 0.717) is 48.3 Å². The van der Waals surface area contributed by atoms with E-state index >= 15 is 0 Å². The minimum atomic E-state index is -0.708. The monoisotopic (exact) mass is 400 g/mol. The van der Waals surface area contributed by atoms with Crippen molar-refractivity contribution in [2.24, 2.45) is 16.1 Å². The van der Waals surface area contributed by atoms with Gasteiger partial charge < -0.3 is 19.9 Å². The standard InChI is InChI=1S/C21H18ClFN2O3/c22-14-3-1-2-4-17(23)15(8-14)13-5-6-18-16(7-13)21(12-28-19(24)25-21)20(11-27-18)9-26-10-20/h1-8H,9-12H2,(H2,24,25)/b2-1?,3-1+,4-2+,14-3?,14-8+,15-8?,17-4?,17-15-. The Balaban J connectivity index is 1.68. The minimum absolute atomic E-state index is 0.150. The number of nitrogens with zero attached hydrogens (tertiary/aromatic N) is 1. The van der Waals surface area contributed by atoms with Gasteiger partial charge in [0.05, 0.1) is 18.6 Å². The molecule has 1 unspecified atom stereocenters. The smallest absolute Gasteiger partial charge is 0.283 e. The van der Waals surface area contributed by atoms with Gasteiger partial charge in [-0.1, -0.05) is 29.8 Å². The van der Waals surface area contributed by atoms with Crippen LogP contribution in [-0.2, 0) is 15.0 Å². The molecular formula is C21H18ClFN2O3. The van der Waals surface area contributed by atoms with Gasteiger partial charge in [0.1, 0.15) is 30.3 Å². The van der Waals surface area contributed by atoms with Crippen LogP contribution in [0.25, 0.3) is 5.57 Å². The molecule has 1 atom stereocenters. The fourth-order valence-electron chi connectivity index (χ4n) is 4.13. The van der Waals surface area contributed by atoms with E-state index in [2.05, 4.69) is 4.99 Å². The summed E-state index contributed by atoms with van der Waals surface area (Å²) in [6, 6.07) is 5.70. The van der Waals surface area contributed by atoms with Crippen LogP contribution in [0.15, 0.2) is 64.4 Å². The summed E-state index contributed by atoms with van der Waals surface area (Å²) in [6.07, 6.45) is 8.04. The van der Waals surface area contributed by atoms with Gasteiger partial charge in [0.2, 0.25) is 0 Å². The Morgan fingerprint density at radius 2 is 1.89 bits per heavy atom. The zero-order chi connectivity index (χ0) is 19.4. The summed E-state index contributed by atoms with van der Waals surface area (Å²) in [7, 11) is 0. The summed E-state index contributed by atoms with van der Waals surface area (Å²) in [5.41, 5.74) is 6.73. The third-order valence-electron chi connectivity index (χ3n) is 5.75. The number of fused-ring (bicyclic) bond motifs is 3. The molecule has 1 aliphatic carbocycles. The number of rotatable bonds is 1. The first-order chi connectivity index (χ1) is 13.5. The summed E-state index contributed by atoms with van der Waals surface area (Å²) >= 11 is 6.20. The zero-order valence-electron chi connectivity index (χ0n) is 15.0. The van der Waals surface area contributed by atoms with E-state index in [1.165, 1.54) is 6.08 Å². The Labute approximate surface area is 166 Å². The van der Waals surface area contributed by atoms with E-state index in [0.717, 1.165) is 5.56 Å². The summed E-state index contributed by atoms with van der Waals surface area (Å²) in [5.74, 6) is 0.321. The number of benzene rings is 1. The van der Waals surface area contributed by atoms with Gasteiger partial charge >= 0.3 is 0 Å². The van der Waals surface area contributed by atoms with Crippen LogP contribution in [0.5, 0.6) is 5.75 Å². The molecule has 2 N–H and O–H groups in total. The lowest BCUT2D eigenvalue weighted by Crippen LogP contribution is -2.63. The van der Waals surface area contributed by atoms with Gasteiger partial charge in [-0.25, -0.2) is 9.38 Å². The van der Waals surface area contributed by atoms with Crippen molar-refractivity contribution in [3.63, 3.8) is 0 Å². The highest BCUT2D eigenvalue weighted by Crippen LogP contribution is 2.56. The van der Waals surface area contributed by atoms with E-state index < -0.39 is 5.54 Å². The lowest BCUT2D eigenvalue weighted by molar-refractivity contribution is -0.185. The zero-order valence-corrected chi connectivity index (χ0v) is 15.7. The van der Waals surface area contributed by atoms with Crippen molar-refractivity contribution >= 4 is 23.2 Å². The molecule has 1 aromatic rings. The fourth-order valence-corrected chi connectivity index (χ4v) is 4.31. The maximum atomic E-state index is 14.8. The molecule has 1 aromatic carbocycles. The van der Waals surface area contributed by atoms with E-state index in [1.807, 2.05) is 18.2 Å². The van der Waals surface area contributed by atoms with Crippen molar-refractivity contribution < 1.29 is 18.6 Å². The molecule has 5 rings (SSSR count). The van der Waals surface area contributed by atoms with Crippen molar-refractivity contribution in [1.82, 2.24) is 0 Å². The van der Waals surface area contributed by atoms with Crippen LogP contribution < -0.4 is 10.5 Å². The topological polar surface area (TPSA) is 66.1 Å². The number of hydrogen-bond donors (Lipinski definition) is 1. The quantitative estimate of drug-likeness (QED) is 0.782. The second-order valence-corrected chi connectivity index (χ2v) is 7.82. The molecule has 144 valence electrons. The van der Waals surface area contributed by atoms with Gasteiger partial charge in [0.25, 0.3) is 6.02 Å². The van der Waals surface area contributed by atoms with Crippen molar-refractivity contribution in [2.75, 3.05) is 26.4 Å². The first kappa shape index (κ1) is 17.5. The Morgan fingerprint density at radius 3 is 2.61 bits per heavy atom. The van der Waals surface area contributed by atoms with Crippen molar-refractivity contribution in [3.05, 3.63) is 70.6 Å². The van der Waals surface area contributed by atoms with Crippen molar-refractivity contribution in [1.29, 1.82) is 0 Å². The van der Waals surface area contributed by atoms with Crippen LogP contribution in [-0.4, -0.2) is 32.4 Å². The fraction of sp³-hybridized carbons (Fsp3) is 0.286. The maximum absolute atomic E-state index is 14.8. The number of halogens is 2. The Kier molecular flexibility index (Phi) is 3.89. The second kappa shape index (κ2) is 6.22. The molecule has 0 aromatic heterocycles. The molecule has 4 aliphatic rings. The number of nitrogens with two attached hydrogens (primary N) is 1. The molecule has 0 amide bonds. The normalized spacial score (nSPS) is 34.1. The highest BCUT2D eigenvalue weighted by atomic mass is 35.5. The van der Waals surface area contributed by atoms with E-state index in [1.54, 1.807) is 24.3 Å².